The summed E-state index contributed by atoms with van der Waals surface area (Å²) in [6.45, 7) is 4.79. The molecule has 0 atom stereocenters. The molecule has 0 unspecified atom stereocenters. The highest BCUT2D eigenvalue weighted by atomic mass is 32.1. The minimum absolute atomic E-state index is 0.0230. The molecule has 3 aromatic rings. The Labute approximate surface area is 211 Å². The van der Waals surface area contributed by atoms with E-state index >= 15 is 0 Å². The second-order valence-corrected chi connectivity index (χ2v) is 10.5. The van der Waals surface area contributed by atoms with Gasteiger partial charge in [-0.2, -0.15) is 13.2 Å². The third-order valence-corrected chi connectivity index (χ3v) is 7.84. The molecular weight excluding hydrogens is 492 g/mol. The Morgan fingerprint density at radius 3 is 2.47 bits per heavy atom. The summed E-state index contributed by atoms with van der Waals surface area (Å²) in [7, 11) is 0. The molecule has 5 rings (SSSR count). The minimum Gasteiger partial charge on any atom is -0.369 e. The molecule has 0 spiro atoms. The van der Waals surface area contributed by atoms with Crippen LogP contribution in [0.15, 0.2) is 42.5 Å². The number of thiazole rings is 1. The number of fused-ring (bicyclic) bond motifs is 1. The van der Waals surface area contributed by atoms with Crippen molar-refractivity contribution >= 4 is 28.7 Å². The quantitative estimate of drug-likeness (QED) is 0.369. The predicted octanol–water partition coefficient (Wildman–Crippen LogP) is 6.53. The minimum atomic E-state index is -4.59. The molecule has 5 nitrogen and oxygen atoms in total. The Balaban J connectivity index is 1.39. The Kier molecular flexibility index (Phi) is 6.40. The number of piperidine rings is 1. The molecule has 0 aliphatic carbocycles. The Hall–Kier alpha value is -3.14. The Morgan fingerprint density at radius 2 is 1.78 bits per heavy atom. The third-order valence-electron chi connectivity index (χ3n) is 6.88. The first-order valence-corrected chi connectivity index (χ1v) is 12.6. The van der Waals surface area contributed by atoms with Gasteiger partial charge in [0, 0.05) is 25.7 Å². The van der Waals surface area contributed by atoms with E-state index in [1.807, 2.05) is 30.0 Å². The van der Waals surface area contributed by atoms with E-state index in [-0.39, 0.29) is 29.3 Å². The van der Waals surface area contributed by atoms with Gasteiger partial charge in [0.25, 0.3) is 0 Å². The first-order chi connectivity index (χ1) is 17.1. The van der Waals surface area contributed by atoms with Crippen molar-refractivity contribution in [1.29, 1.82) is 0 Å². The fourth-order valence-electron chi connectivity index (χ4n) is 5.22. The maximum atomic E-state index is 14.5. The van der Waals surface area contributed by atoms with Crippen LogP contribution in [0.4, 0.5) is 33.7 Å². The second-order valence-electron chi connectivity index (χ2n) is 9.25. The number of carbonyl (C=O) groups excluding carboxylic acids is 1. The summed E-state index contributed by atoms with van der Waals surface area (Å²) in [6.07, 6.45) is -3.30. The molecule has 1 saturated heterocycles. The number of aryl methyl sites for hydroxylation is 2. The molecule has 0 saturated carbocycles. The number of rotatable bonds is 4. The molecule has 1 aromatic heterocycles. The smallest absolute Gasteiger partial charge is 0.369 e. The number of halogens is 4. The van der Waals surface area contributed by atoms with Crippen LogP contribution in [0.3, 0.4) is 0 Å². The lowest BCUT2D eigenvalue weighted by molar-refractivity contribution is -0.141. The van der Waals surface area contributed by atoms with Gasteiger partial charge in [-0.25, -0.2) is 14.2 Å². The number of hydrogen-bond donors (Lipinski definition) is 0. The molecule has 3 heterocycles. The van der Waals surface area contributed by atoms with E-state index < -0.39 is 11.9 Å². The molecule has 2 aromatic carbocycles. The summed E-state index contributed by atoms with van der Waals surface area (Å²) in [4.78, 5) is 22.6. The van der Waals surface area contributed by atoms with Gasteiger partial charge in [0.2, 0.25) is 0 Å². The molecule has 10 heteroatoms. The van der Waals surface area contributed by atoms with Gasteiger partial charge >= 0.3 is 12.2 Å². The number of hydrogen-bond acceptors (Lipinski definition) is 4. The molecule has 36 heavy (non-hydrogen) atoms. The van der Waals surface area contributed by atoms with Gasteiger partial charge in [-0.15, -0.1) is 11.3 Å². The predicted molar refractivity (Wildman–Crippen MR) is 132 cm³/mol. The number of urea groups is 1. The zero-order valence-corrected chi connectivity index (χ0v) is 20.8. The Morgan fingerprint density at radius 1 is 1.06 bits per heavy atom. The zero-order chi connectivity index (χ0) is 25.6. The summed E-state index contributed by atoms with van der Waals surface area (Å²) in [5.74, 6) is -0.261. The maximum Gasteiger partial charge on any atom is 0.434 e. The van der Waals surface area contributed by atoms with Crippen LogP contribution in [-0.4, -0.2) is 35.0 Å². The van der Waals surface area contributed by atoms with Crippen molar-refractivity contribution in [2.45, 2.75) is 52.0 Å². The molecule has 2 aliphatic heterocycles. The molecule has 2 amide bonds. The van der Waals surface area contributed by atoms with Crippen LogP contribution in [0, 0.1) is 19.7 Å². The van der Waals surface area contributed by atoms with Crippen LogP contribution in [0.5, 0.6) is 0 Å². The lowest BCUT2D eigenvalue weighted by atomic mass is 9.99. The highest BCUT2D eigenvalue weighted by molar-refractivity contribution is 7.11. The monoisotopic (exact) mass is 518 g/mol. The number of para-hydroxylation sites is 2. The molecule has 0 radical (unpaired) electrons. The van der Waals surface area contributed by atoms with Crippen LogP contribution in [0.25, 0.3) is 0 Å². The number of alkyl halides is 3. The summed E-state index contributed by atoms with van der Waals surface area (Å²) in [5, 5.41) is 0.308. The van der Waals surface area contributed by atoms with E-state index in [1.165, 1.54) is 17.9 Å². The largest absolute Gasteiger partial charge is 0.434 e. The number of aromatic nitrogens is 1. The van der Waals surface area contributed by atoms with Crippen LogP contribution < -0.4 is 9.80 Å². The van der Waals surface area contributed by atoms with Crippen molar-refractivity contribution in [2.75, 3.05) is 22.9 Å². The first-order valence-electron chi connectivity index (χ1n) is 11.8. The van der Waals surface area contributed by atoms with Gasteiger partial charge < -0.3 is 9.80 Å². The van der Waals surface area contributed by atoms with Crippen molar-refractivity contribution < 1.29 is 22.4 Å². The van der Waals surface area contributed by atoms with Gasteiger partial charge in [0.15, 0.2) is 5.69 Å². The highest BCUT2D eigenvalue weighted by Gasteiger charge is 2.40. The SMILES string of the molecule is Cc1nc(C(F)(F)F)c(CN2C(=O)N(C3CCN(c4c(C)cccc4F)CC3)Cc3ccccc32)s1. The van der Waals surface area contributed by atoms with Gasteiger partial charge in [0.05, 0.1) is 27.8 Å². The van der Waals surface area contributed by atoms with Crippen molar-refractivity contribution in [3.05, 3.63) is 75.0 Å². The number of amides is 2. The number of benzene rings is 2. The van der Waals surface area contributed by atoms with Crippen LogP contribution >= 0.6 is 11.3 Å². The van der Waals surface area contributed by atoms with E-state index in [9.17, 15) is 22.4 Å². The summed E-state index contributed by atoms with van der Waals surface area (Å²) in [6, 6.07) is 11.9. The normalized spacial score (nSPS) is 17.1. The Bertz CT molecular complexity index is 1260. The molecular formula is C26H26F4N4OS. The second kappa shape index (κ2) is 9.38. The topological polar surface area (TPSA) is 39.7 Å². The molecule has 0 bridgehead atoms. The van der Waals surface area contributed by atoms with Gasteiger partial charge in [0.1, 0.15) is 5.82 Å². The van der Waals surface area contributed by atoms with E-state index in [0.717, 1.165) is 22.5 Å². The number of nitrogens with zero attached hydrogens (tertiary/aromatic N) is 4. The standard InChI is InChI=1S/C26H26F4N4OS/c1-16-6-5-8-20(27)23(16)32-12-10-19(11-13-32)33-14-18-7-3-4-9-21(18)34(25(33)35)15-22-24(26(28,29)30)31-17(2)36-22/h3-9,19H,10-15H2,1-2H3. The average Bonchev–Trinajstić information content (AvgIpc) is 3.22. The van der Waals surface area contributed by atoms with E-state index in [2.05, 4.69) is 4.98 Å². The number of anilines is 2. The maximum absolute atomic E-state index is 14.5. The summed E-state index contributed by atoms with van der Waals surface area (Å²) in [5.41, 5.74) is 2.04. The fraction of sp³-hybridized carbons (Fsp3) is 0.385. The van der Waals surface area contributed by atoms with Crippen molar-refractivity contribution in [2.24, 2.45) is 0 Å². The van der Waals surface area contributed by atoms with E-state index in [1.54, 1.807) is 23.1 Å². The van der Waals surface area contributed by atoms with Crippen molar-refractivity contribution in [3.8, 4) is 0 Å². The van der Waals surface area contributed by atoms with E-state index in [0.29, 0.717) is 48.9 Å². The van der Waals surface area contributed by atoms with Crippen LogP contribution in [-0.2, 0) is 19.3 Å². The zero-order valence-electron chi connectivity index (χ0n) is 20.0. The van der Waals surface area contributed by atoms with Crippen LogP contribution in [0.2, 0.25) is 0 Å². The van der Waals surface area contributed by atoms with E-state index in [4.69, 9.17) is 0 Å². The fourth-order valence-corrected chi connectivity index (χ4v) is 6.17. The molecule has 0 N–H and O–H groups in total. The lowest BCUT2D eigenvalue weighted by Gasteiger charge is -2.44. The van der Waals surface area contributed by atoms with Gasteiger partial charge in [-0.3, -0.25) is 4.90 Å². The van der Waals surface area contributed by atoms with Gasteiger partial charge in [-0.05, 0) is 49.9 Å². The molecule has 2 aliphatic rings. The molecule has 190 valence electrons. The number of carbonyl (C=O) groups is 1. The average molecular weight is 519 g/mol. The molecule has 1 fully saturated rings. The van der Waals surface area contributed by atoms with Crippen molar-refractivity contribution in [1.82, 2.24) is 9.88 Å². The first kappa shape index (κ1) is 24.5. The van der Waals surface area contributed by atoms with Gasteiger partial charge in [-0.1, -0.05) is 30.3 Å². The highest BCUT2D eigenvalue weighted by Crippen LogP contribution is 2.38. The summed E-state index contributed by atoms with van der Waals surface area (Å²) >= 11 is 0.963. The van der Waals surface area contributed by atoms with Crippen molar-refractivity contribution in [3.63, 3.8) is 0 Å². The third kappa shape index (κ3) is 4.54. The lowest BCUT2D eigenvalue weighted by Crippen LogP contribution is -2.54. The summed E-state index contributed by atoms with van der Waals surface area (Å²) < 4.78 is 55.3. The van der Waals surface area contributed by atoms with Crippen LogP contribution in [0.1, 0.15) is 39.5 Å².